The van der Waals surface area contributed by atoms with Crippen LogP contribution in [0.5, 0.6) is 11.5 Å². The maximum atomic E-state index is 13.5. The highest BCUT2D eigenvalue weighted by molar-refractivity contribution is 6.30. The van der Waals surface area contributed by atoms with Gasteiger partial charge in [0.15, 0.2) is 17.6 Å². The third-order valence-corrected chi connectivity index (χ3v) is 5.54. The van der Waals surface area contributed by atoms with Gasteiger partial charge in [0, 0.05) is 32.3 Å². The molecular weight excluding hydrogens is 443 g/mol. The van der Waals surface area contributed by atoms with E-state index in [0.29, 0.717) is 11.1 Å². The Morgan fingerprint density at radius 3 is 2.75 bits per heavy atom. The van der Waals surface area contributed by atoms with Crippen LogP contribution in [0.2, 0.25) is 5.02 Å². The molecule has 1 unspecified atom stereocenters. The number of ether oxygens (including phenoxy) is 1. The number of benzene rings is 1. The second-order valence-electron chi connectivity index (χ2n) is 7.17. The first-order valence-electron chi connectivity index (χ1n) is 9.58. The second-order valence-corrected chi connectivity index (χ2v) is 7.58. The monoisotopic (exact) mass is 460 g/mol. The van der Waals surface area contributed by atoms with Crippen LogP contribution < -0.4 is 20.9 Å². The SMILES string of the molecule is CNC(=O)c1c(O)c2ncc(Cc3ccc(F)c(Cl)c3)c3c2n(c1=O)CC(C(=O)NC)O3. The smallest absolute Gasteiger partial charge is 0.268 e. The van der Waals surface area contributed by atoms with Crippen molar-refractivity contribution in [1.29, 1.82) is 0 Å². The van der Waals surface area contributed by atoms with Crippen LogP contribution in [0.3, 0.4) is 0 Å². The Morgan fingerprint density at radius 2 is 2.09 bits per heavy atom. The molecule has 11 heteroatoms. The number of nitrogens with one attached hydrogen (secondary N) is 2. The van der Waals surface area contributed by atoms with Gasteiger partial charge in [-0.2, -0.15) is 0 Å². The van der Waals surface area contributed by atoms with Crippen molar-refractivity contribution >= 4 is 34.4 Å². The lowest BCUT2D eigenvalue weighted by molar-refractivity contribution is -0.128. The van der Waals surface area contributed by atoms with Crippen molar-refractivity contribution in [2.45, 2.75) is 19.1 Å². The minimum Gasteiger partial charge on any atom is -0.505 e. The van der Waals surface area contributed by atoms with Crippen LogP contribution in [0.25, 0.3) is 11.0 Å². The predicted octanol–water partition coefficient (Wildman–Crippen LogP) is 1.35. The second kappa shape index (κ2) is 8.12. The highest BCUT2D eigenvalue weighted by Crippen LogP contribution is 2.37. The Labute approximate surface area is 185 Å². The minimum absolute atomic E-state index is 0.0190. The van der Waals surface area contributed by atoms with Crippen LogP contribution in [0, 0.1) is 5.82 Å². The quantitative estimate of drug-likeness (QED) is 0.540. The Bertz CT molecular complexity index is 1340. The van der Waals surface area contributed by atoms with E-state index in [2.05, 4.69) is 15.6 Å². The van der Waals surface area contributed by atoms with Gasteiger partial charge in [-0.15, -0.1) is 0 Å². The molecule has 0 fully saturated rings. The van der Waals surface area contributed by atoms with E-state index in [1.807, 2.05) is 0 Å². The Kier molecular flexibility index (Phi) is 5.47. The number of hydrogen-bond donors (Lipinski definition) is 3. The Balaban J connectivity index is 1.97. The van der Waals surface area contributed by atoms with Crippen molar-refractivity contribution in [3.8, 4) is 11.5 Å². The summed E-state index contributed by atoms with van der Waals surface area (Å²) in [6.07, 6.45) is 0.544. The summed E-state index contributed by atoms with van der Waals surface area (Å²) in [4.78, 5) is 41.9. The van der Waals surface area contributed by atoms with E-state index < -0.39 is 40.6 Å². The first-order chi connectivity index (χ1) is 15.3. The maximum absolute atomic E-state index is 13.5. The number of carbonyl (C=O) groups excluding carboxylic acids is 2. The molecule has 1 aromatic carbocycles. The predicted molar refractivity (Wildman–Crippen MR) is 114 cm³/mol. The fourth-order valence-electron chi connectivity index (χ4n) is 3.68. The van der Waals surface area contributed by atoms with Crippen LogP contribution in [0.1, 0.15) is 21.5 Å². The molecular formula is C21H18ClFN4O5. The molecule has 0 spiro atoms. The average molecular weight is 461 g/mol. The highest BCUT2D eigenvalue weighted by Gasteiger charge is 2.34. The van der Waals surface area contributed by atoms with Crippen LogP contribution in [-0.2, 0) is 17.8 Å². The largest absolute Gasteiger partial charge is 0.505 e. The zero-order valence-electron chi connectivity index (χ0n) is 17.0. The van der Waals surface area contributed by atoms with E-state index in [4.69, 9.17) is 16.3 Å². The number of aromatic hydroxyl groups is 1. The zero-order chi connectivity index (χ0) is 23.2. The molecule has 0 radical (unpaired) electrons. The number of nitrogens with zero attached hydrogens (tertiary/aromatic N) is 2. The number of aromatic nitrogens is 2. The molecule has 4 rings (SSSR count). The van der Waals surface area contributed by atoms with Crippen LogP contribution in [0.15, 0.2) is 29.2 Å². The van der Waals surface area contributed by atoms with E-state index in [-0.39, 0.29) is 34.8 Å². The number of halogens is 2. The third kappa shape index (κ3) is 3.42. The van der Waals surface area contributed by atoms with Crippen molar-refractivity contribution in [3.63, 3.8) is 0 Å². The van der Waals surface area contributed by atoms with Gasteiger partial charge in [-0.05, 0) is 17.7 Å². The van der Waals surface area contributed by atoms with Gasteiger partial charge in [0.1, 0.15) is 22.4 Å². The van der Waals surface area contributed by atoms with Crippen LogP contribution >= 0.6 is 11.6 Å². The van der Waals surface area contributed by atoms with Crippen molar-refractivity contribution in [1.82, 2.24) is 20.2 Å². The van der Waals surface area contributed by atoms with E-state index in [0.717, 1.165) is 0 Å². The van der Waals surface area contributed by atoms with Crippen molar-refractivity contribution < 1.29 is 23.8 Å². The van der Waals surface area contributed by atoms with Crippen molar-refractivity contribution in [2.24, 2.45) is 0 Å². The Hall–Kier alpha value is -3.66. The molecule has 3 heterocycles. The number of amides is 2. The molecule has 0 bridgehead atoms. The summed E-state index contributed by atoms with van der Waals surface area (Å²) in [7, 11) is 2.76. The topological polar surface area (TPSA) is 123 Å². The summed E-state index contributed by atoms with van der Waals surface area (Å²) >= 11 is 5.88. The average Bonchev–Trinajstić information content (AvgIpc) is 2.79. The van der Waals surface area contributed by atoms with E-state index in [1.54, 1.807) is 0 Å². The van der Waals surface area contributed by atoms with Gasteiger partial charge in [0.2, 0.25) is 0 Å². The van der Waals surface area contributed by atoms with E-state index in [1.165, 1.54) is 43.1 Å². The van der Waals surface area contributed by atoms with Gasteiger partial charge >= 0.3 is 0 Å². The van der Waals surface area contributed by atoms with Gasteiger partial charge in [0.05, 0.1) is 11.6 Å². The molecule has 2 aromatic heterocycles. The standard InChI is InChI=1S/C21H18ClFN4O5/c1-24-19(29)13-8-27-16-15(17(28)14(21(27)31)20(30)25-2)26-7-10(18(16)32-13)5-9-3-4-12(23)11(22)6-9/h3-4,6-7,13,28H,5,8H2,1-2H3,(H,24,29)(H,25,30). The lowest BCUT2D eigenvalue weighted by Gasteiger charge is -2.28. The van der Waals surface area contributed by atoms with Crippen LogP contribution in [-0.4, -0.2) is 46.7 Å². The third-order valence-electron chi connectivity index (χ3n) is 5.25. The summed E-state index contributed by atoms with van der Waals surface area (Å²) in [5.41, 5.74) is -0.000278. The number of pyridine rings is 2. The molecule has 0 saturated heterocycles. The van der Waals surface area contributed by atoms with Gasteiger partial charge < -0.3 is 20.5 Å². The molecule has 2 amide bonds. The fourth-order valence-corrected chi connectivity index (χ4v) is 3.88. The van der Waals surface area contributed by atoms with Gasteiger partial charge in [-0.3, -0.25) is 23.9 Å². The highest BCUT2D eigenvalue weighted by atomic mass is 35.5. The summed E-state index contributed by atoms with van der Waals surface area (Å²) < 4.78 is 20.7. The fraction of sp³-hybridized carbons (Fsp3) is 0.238. The molecule has 32 heavy (non-hydrogen) atoms. The lowest BCUT2D eigenvalue weighted by Crippen LogP contribution is -2.45. The molecule has 1 aliphatic heterocycles. The van der Waals surface area contributed by atoms with Gasteiger partial charge in [-0.25, -0.2) is 4.39 Å². The summed E-state index contributed by atoms with van der Waals surface area (Å²) in [6.45, 7) is -0.181. The summed E-state index contributed by atoms with van der Waals surface area (Å²) in [6, 6.07) is 4.21. The lowest BCUT2D eigenvalue weighted by atomic mass is 10.0. The first kappa shape index (κ1) is 21.6. The van der Waals surface area contributed by atoms with Crippen molar-refractivity contribution in [3.05, 3.63) is 62.3 Å². The Morgan fingerprint density at radius 1 is 1.34 bits per heavy atom. The molecule has 0 aliphatic carbocycles. The first-order valence-corrected chi connectivity index (χ1v) is 9.96. The molecule has 1 atom stereocenters. The van der Waals surface area contributed by atoms with E-state index >= 15 is 0 Å². The minimum atomic E-state index is -1.06. The summed E-state index contributed by atoms with van der Waals surface area (Å²) in [5.74, 6) is -2.25. The number of carbonyl (C=O) groups is 2. The van der Waals surface area contributed by atoms with Gasteiger partial charge in [0.25, 0.3) is 17.4 Å². The van der Waals surface area contributed by atoms with Crippen molar-refractivity contribution in [2.75, 3.05) is 14.1 Å². The van der Waals surface area contributed by atoms with Crippen LogP contribution in [0.4, 0.5) is 4.39 Å². The molecule has 1 aliphatic rings. The summed E-state index contributed by atoms with van der Waals surface area (Å²) in [5, 5.41) is 15.4. The molecule has 3 aromatic rings. The molecule has 166 valence electrons. The van der Waals surface area contributed by atoms with Gasteiger partial charge in [-0.1, -0.05) is 17.7 Å². The number of likely N-dealkylation sites (N-methyl/N-ethyl adjacent to an activating group) is 1. The normalized spacial score (nSPS) is 14.7. The molecule has 0 saturated carbocycles. The maximum Gasteiger partial charge on any atom is 0.268 e. The molecule has 9 nitrogen and oxygen atoms in total. The number of hydrogen-bond acceptors (Lipinski definition) is 6. The number of rotatable bonds is 4. The van der Waals surface area contributed by atoms with E-state index in [9.17, 15) is 23.9 Å². The molecule has 3 N–H and O–H groups in total. The zero-order valence-corrected chi connectivity index (χ0v) is 17.8.